The third-order valence-electron chi connectivity index (χ3n) is 2.04. The van der Waals surface area contributed by atoms with Gasteiger partial charge in [-0.2, -0.15) is 0 Å². The fourth-order valence-corrected chi connectivity index (χ4v) is 3.60. The highest BCUT2D eigenvalue weighted by Gasteiger charge is 2.11. The first-order valence-electron chi connectivity index (χ1n) is 4.68. The number of aryl methyl sites for hydroxylation is 1. The molecule has 0 atom stereocenters. The summed E-state index contributed by atoms with van der Waals surface area (Å²) in [6.07, 6.45) is 1.93. The molecule has 17 heavy (non-hydrogen) atoms. The van der Waals surface area contributed by atoms with Crippen LogP contribution in [-0.2, 0) is 0 Å². The molecule has 0 bridgehead atoms. The lowest BCUT2D eigenvalue weighted by Crippen LogP contribution is -1.79. The van der Waals surface area contributed by atoms with E-state index in [-0.39, 0.29) is 11.5 Å². The first-order valence-corrected chi connectivity index (χ1v) is 7.54. The number of hydrogen-bond donors (Lipinski definition) is 2. The number of aromatic nitrogens is 2. The maximum Gasteiger partial charge on any atom is 0.180 e. The van der Waals surface area contributed by atoms with E-state index in [0.717, 1.165) is 8.68 Å². The van der Waals surface area contributed by atoms with Crippen LogP contribution >= 0.6 is 34.9 Å². The summed E-state index contributed by atoms with van der Waals surface area (Å²) in [4.78, 5) is 0.580. The molecule has 0 fully saturated rings. The van der Waals surface area contributed by atoms with Crippen molar-refractivity contribution in [3.8, 4) is 11.5 Å². The summed E-state index contributed by atoms with van der Waals surface area (Å²) in [5, 5.41) is 27.3. The minimum absolute atomic E-state index is 0.145. The topological polar surface area (TPSA) is 66.2 Å². The van der Waals surface area contributed by atoms with Crippen molar-refractivity contribution in [3.63, 3.8) is 0 Å². The second kappa shape index (κ2) is 5.16. The molecule has 0 saturated carbocycles. The standard InChI is InChI=1S/C10H10N2O2S3/c1-5-3-7(14)8(4-6(5)13)16-10-12-11-9(15-2)17-10/h3-4,13-14H,1-2H3. The van der Waals surface area contributed by atoms with Crippen LogP contribution in [0.1, 0.15) is 5.56 Å². The van der Waals surface area contributed by atoms with Gasteiger partial charge in [0, 0.05) is 0 Å². The third-order valence-corrected chi connectivity index (χ3v) is 5.03. The van der Waals surface area contributed by atoms with E-state index >= 15 is 0 Å². The number of hydrogen-bond acceptors (Lipinski definition) is 7. The van der Waals surface area contributed by atoms with Gasteiger partial charge >= 0.3 is 0 Å². The van der Waals surface area contributed by atoms with Crippen molar-refractivity contribution in [2.75, 3.05) is 6.26 Å². The average molecular weight is 286 g/mol. The summed E-state index contributed by atoms with van der Waals surface area (Å²) < 4.78 is 1.62. The van der Waals surface area contributed by atoms with Crippen molar-refractivity contribution in [2.45, 2.75) is 20.5 Å². The third kappa shape index (κ3) is 2.85. The molecule has 1 aromatic carbocycles. The SMILES string of the molecule is CSc1nnc(Sc2cc(O)c(C)cc2O)s1. The number of nitrogens with zero attached hydrogens (tertiary/aromatic N) is 2. The summed E-state index contributed by atoms with van der Waals surface area (Å²) in [6, 6.07) is 3.07. The van der Waals surface area contributed by atoms with Crippen molar-refractivity contribution in [3.05, 3.63) is 17.7 Å². The van der Waals surface area contributed by atoms with Crippen LogP contribution in [0.15, 0.2) is 25.7 Å². The smallest absolute Gasteiger partial charge is 0.180 e. The number of phenols is 2. The maximum atomic E-state index is 9.76. The van der Waals surface area contributed by atoms with Crippen molar-refractivity contribution in [1.29, 1.82) is 0 Å². The van der Waals surface area contributed by atoms with Crippen molar-refractivity contribution < 1.29 is 10.2 Å². The fourth-order valence-electron chi connectivity index (χ4n) is 1.16. The van der Waals surface area contributed by atoms with Crippen LogP contribution in [0.2, 0.25) is 0 Å². The molecule has 0 spiro atoms. The molecule has 0 unspecified atom stereocenters. The quantitative estimate of drug-likeness (QED) is 0.667. The van der Waals surface area contributed by atoms with E-state index < -0.39 is 0 Å². The van der Waals surface area contributed by atoms with Gasteiger partial charge in [0.25, 0.3) is 0 Å². The van der Waals surface area contributed by atoms with Gasteiger partial charge in [-0.3, -0.25) is 0 Å². The Morgan fingerprint density at radius 3 is 2.47 bits per heavy atom. The van der Waals surface area contributed by atoms with Gasteiger partial charge in [0.2, 0.25) is 0 Å². The van der Waals surface area contributed by atoms with Gasteiger partial charge in [-0.1, -0.05) is 34.9 Å². The maximum absolute atomic E-state index is 9.76. The van der Waals surface area contributed by atoms with Crippen LogP contribution in [0.5, 0.6) is 11.5 Å². The van der Waals surface area contributed by atoms with E-state index in [9.17, 15) is 10.2 Å². The van der Waals surface area contributed by atoms with E-state index in [1.807, 2.05) is 6.26 Å². The van der Waals surface area contributed by atoms with E-state index in [4.69, 9.17) is 0 Å². The van der Waals surface area contributed by atoms with Gasteiger partial charge in [0.1, 0.15) is 11.5 Å². The Labute approximate surface area is 111 Å². The lowest BCUT2D eigenvalue weighted by atomic mass is 10.2. The summed E-state index contributed by atoms with van der Waals surface area (Å²) in [5.41, 5.74) is 0.647. The van der Waals surface area contributed by atoms with Gasteiger partial charge in [0.15, 0.2) is 8.68 Å². The number of benzene rings is 1. The van der Waals surface area contributed by atoms with Crippen LogP contribution in [-0.4, -0.2) is 26.7 Å². The molecule has 0 radical (unpaired) electrons. The van der Waals surface area contributed by atoms with Crippen molar-refractivity contribution in [1.82, 2.24) is 10.2 Å². The molecule has 7 heteroatoms. The molecule has 0 aliphatic heterocycles. The van der Waals surface area contributed by atoms with Gasteiger partial charge in [-0.25, -0.2) is 0 Å². The first kappa shape index (κ1) is 12.5. The zero-order valence-electron chi connectivity index (χ0n) is 9.17. The van der Waals surface area contributed by atoms with Crippen LogP contribution in [0.25, 0.3) is 0 Å². The number of thioether (sulfide) groups is 1. The van der Waals surface area contributed by atoms with Crippen LogP contribution in [0, 0.1) is 6.92 Å². The van der Waals surface area contributed by atoms with E-state index in [2.05, 4.69) is 10.2 Å². The Kier molecular flexibility index (Phi) is 3.80. The average Bonchev–Trinajstić information content (AvgIpc) is 2.73. The van der Waals surface area contributed by atoms with E-state index in [1.54, 1.807) is 6.92 Å². The molecule has 1 heterocycles. The summed E-state index contributed by atoms with van der Waals surface area (Å²) in [5.74, 6) is 0.311. The Hall–Kier alpha value is -0.920. The normalized spacial score (nSPS) is 10.7. The molecule has 90 valence electrons. The zero-order valence-corrected chi connectivity index (χ0v) is 11.6. The molecule has 0 aliphatic rings. The second-order valence-electron chi connectivity index (χ2n) is 3.25. The summed E-state index contributed by atoms with van der Waals surface area (Å²) in [6.45, 7) is 1.74. The van der Waals surface area contributed by atoms with Crippen molar-refractivity contribution in [2.24, 2.45) is 0 Å². The Morgan fingerprint density at radius 1 is 1.12 bits per heavy atom. The predicted octanol–water partition coefficient (Wildman–Crippen LogP) is 3.13. The molecule has 1 aromatic heterocycles. The Morgan fingerprint density at radius 2 is 1.82 bits per heavy atom. The second-order valence-corrected chi connectivity index (χ2v) is 6.57. The minimum Gasteiger partial charge on any atom is -0.508 e. The van der Waals surface area contributed by atoms with Crippen LogP contribution < -0.4 is 0 Å². The van der Waals surface area contributed by atoms with Gasteiger partial charge in [-0.15, -0.1) is 10.2 Å². The molecular formula is C10H10N2O2S3. The highest BCUT2D eigenvalue weighted by atomic mass is 32.2. The lowest BCUT2D eigenvalue weighted by Gasteiger charge is -2.04. The zero-order chi connectivity index (χ0) is 12.4. The van der Waals surface area contributed by atoms with Gasteiger partial charge < -0.3 is 10.2 Å². The largest absolute Gasteiger partial charge is 0.508 e. The molecular weight excluding hydrogens is 276 g/mol. The number of aromatic hydroxyl groups is 2. The highest BCUT2D eigenvalue weighted by molar-refractivity contribution is 8.03. The summed E-state index contributed by atoms with van der Waals surface area (Å²) in [7, 11) is 0. The number of phenolic OH excluding ortho intramolecular Hbond substituents is 2. The highest BCUT2D eigenvalue weighted by Crippen LogP contribution is 2.39. The Bertz CT molecular complexity index is 542. The fraction of sp³-hybridized carbons (Fsp3) is 0.200. The molecule has 0 saturated heterocycles. The van der Waals surface area contributed by atoms with Crippen LogP contribution in [0.3, 0.4) is 0 Å². The van der Waals surface area contributed by atoms with Gasteiger partial charge in [-0.05, 0) is 30.9 Å². The lowest BCUT2D eigenvalue weighted by molar-refractivity contribution is 0.446. The molecule has 2 N–H and O–H groups in total. The monoisotopic (exact) mass is 286 g/mol. The molecule has 0 amide bonds. The van der Waals surface area contributed by atoms with E-state index in [1.165, 1.54) is 47.0 Å². The number of rotatable bonds is 3. The van der Waals surface area contributed by atoms with Gasteiger partial charge in [0.05, 0.1) is 4.90 Å². The molecule has 4 nitrogen and oxygen atoms in total. The van der Waals surface area contributed by atoms with Crippen molar-refractivity contribution >= 4 is 34.9 Å². The van der Waals surface area contributed by atoms with Crippen LogP contribution in [0.4, 0.5) is 0 Å². The minimum atomic E-state index is 0.145. The molecule has 2 rings (SSSR count). The predicted molar refractivity (Wildman–Crippen MR) is 70.3 cm³/mol. The van der Waals surface area contributed by atoms with E-state index in [0.29, 0.717) is 10.5 Å². The Balaban J connectivity index is 2.26. The first-order chi connectivity index (χ1) is 8.10. The molecule has 2 aromatic rings. The molecule has 0 aliphatic carbocycles. The summed E-state index contributed by atoms with van der Waals surface area (Å²) >= 11 is 4.28.